The number of non-ortho nitro benzene ring substituents is 1. The molecule has 1 aliphatic heterocycles. The van der Waals surface area contributed by atoms with E-state index >= 15 is 0 Å². The normalized spacial score (nSPS) is 14.3. The van der Waals surface area contributed by atoms with Gasteiger partial charge in [-0.05, 0) is 42.9 Å². The Labute approximate surface area is 169 Å². The number of benzene rings is 2. The van der Waals surface area contributed by atoms with Gasteiger partial charge < -0.3 is 15.5 Å². The molecule has 0 unspecified atom stereocenters. The van der Waals surface area contributed by atoms with Crippen molar-refractivity contribution in [3.8, 4) is 0 Å². The van der Waals surface area contributed by atoms with Crippen molar-refractivity contribution in [1.29, 1.82) is 0 Å². The van der Waals surface area contributed by atoms with Crippen LogP contribution in [0.25, 0.3) is 0 Å². The van der Waals surface area contributed by atoms with Crippen LogP contribution in [0.1, 0.15) is 18.4 Å². The summed E-state index contributed by atoms with van der Waals surface area (Å²) in [5.41, 5.74) is 1.69. The van der Waals surface area contributed by atoms with Crippen molar-refractivity contribution in [3.05, 3.63) is 70.3 Å². The lowest BCUT2D eigenvalue weighted by Gasteiger charge is -2.32. The van der Waals surface area contributed by atoms with Crippen molar-refractivity contribution in [2.45, 2.75) is 19.3 Å². The molecule has 0 radical (unpaired) electrons. The van der Waals surface area contributed by atoms with Gasteiger partial charge in [-0.1, -0.05) is 30.3 Å². The molecule has 2 aromatic rings. The maximum absolute atomic E-state index is 12.3. The number of hydrogen-bond acceptors (Lipinski definition) is 4. The molecule has 152 valence electrons. The minimum Gasteiger partial charge on any atom is -0.341 e. The Bertz CT molecular complexity index is 847. The smallest absolute Gasteiger partial charge is 0.319 e. The molecule has 0 spiro atoms. The number of carbonyl (C=O) groups is 2. The first-order chi connectivity index (χ1) is 14.0. The van der Waals surface area contributed by atoms with Crippen LogP contribution in [0.4, 0.5) is 16.2 Å². The van der Waals surface area contributed by atoms with E-state index in [2.05, 4.69) is 22.8 Å². The van der Waals surface area contributed by atoms with E-state index in [1.165, 1.54) is 29.8 Å². The van der Waals surface area contributed by atoms with Gasteiger partial charge in [-0.15, -0.1) is 0 Å². The largest absolute Gasteiger partial charge is 0.341 e. The van der Waals surface area contributed by atoms with Crippen LogP contribution in [0, 0.1) is 16.0 Å². The number of piperidine rings is 1. The third kappa shape index (κ3) is 6.03. The van der Waals surface area contributed by atoms with Gasteiger partial charge in [-0.25, -0.2) is 4.79 Å². The molecule has 0 bridgehead atoms. The fourth-order valence-electron chi connectivity index (χ4n) is 3.44. The topological polar surface area (TPSA) is 105 Å². The van der Waals surface area contributed by atoms with Crippen LogP contribution in [0.3, 0.4) is 0 Å². The highest BCUT2D eigenvalue weighted by Crippen LogP contribution is 2.21. The number of rotatable bonds is 6. The summed E-state index contributed by atoms with van der Waals surface area (Å²) in [6, 6.07) is 15.3. The highest BCUT2D eigenvalue weighted by atomic mass is 16.6. The summed E-state index contributed by atoms with van der Waals surface area (Å²) >= 11 is 0. The zero-order chi connectivity index (χ0) is 20.6. The highest BCUT2D eigenvalue weighted by Gasteiger charge is 2.23. The average Bonchev–Trinajstić information content (AvgIpc) is 2.74. The number of nitrogens with zero attached hydrogens (tertiary/aromatic N) is 2. The molecule has 1 fully saturated rings. The van der Waals surface area contributed by atoms with Gasteiger partial charge in [0.2, 0.25) is 5.91 Å². The van der Waals surface area contributed by atoms with Crippen molar-refractivity contribution >= 4 is 23.3 Å². The molecule has 0 saturated carbocycles. The molecule has 1 heterocycles. The molecular formula is C21H24N4O4. The Hall–Kier alpha value is -3.42. The standard InChI is InChI=1S/C21H24N4O4/c26-20(15-22-21(27)23-18-6-8-19(9-7-18)25(28)29)24-12-10-17(11-13-24)14-16-4-2-1-3-5-16/h1-9,17H,10-15H2,(H2,22,23,27). The first kappa shape index (κ1) is 20.3. The second-order valence-corrected chi connectivity index (χ2v) is 7.13. The second kappa shape index (κ2) is 9.68. The van der Waals surface area contributed by atoms with Crippen molar-refractivity contribution in [3.63, 3.8) is 0 Å². The van der Waals surface area contributed by atoms with Gasteiger partial charge in [0.1, 0.15) is 0 Å². The first-order valence-corrected chi connectivity index (χ1v) is 9.62. The molecule has 1 saturated heterocycles. The molecule has 2 N–H and O–H groups in total. The quantitative estimate of drug-likeness (QED) is 0.578. The lowest BCUT2D eigenvalue weighted by atomic mass is 9.90. The van der Waals surface area contributed by atoms with Crippen molar-refractivity contribution in [2.75, 3.05) is 25.0 Å². The Balaban J connectivity index is 1.38. The van der Waals surface area contributed by atoms with E-state index in [9.17, 15) is 19.7 Å². The first-order valence-electron chi connectivity index (χ1n) is 9.62. The van der Waals surface area contributed by atoms with Crippen molar-refractivity contribution < 1.29 is 14.5 Å². The highest BCUT2D eigenvalue weighted by molar-refractivity contribution is 5.92. The minimum absolute atomic E-state index is 0.0539. The maximum atomic E-state index is 12.3. The molecular weight excluding hydrogens is 372 g/mol. The molecule has 3 amide bonds. The van der Waals surface area contributed by atoms with Crippen LogP contribution in [-0.2, 0) is 11.2 Å². The number of hydrogen-bond donors (Lipinski definition) is 2. The number of nitro benzene ring substituents is 1. The molecule has 3 rings (SSSR count). The van der Waals surface area contributed by atoms with Crippen molar-refractivity contribution in [2.24, 2.45) is 5.92 Å². The molecule has 0 aromatic heterocycles. The number of amides is 3. The van der Waals surface area contributed by atoms with Gasteiger partial charge in [0, 0.05) is 30.9 Å². The van der Waals surface area contributed by atoms with E-state index in [4.69, 9.17) is 0 Å². The monoisotopic (exact) mass is 396 g/mol. The van der Waals surface area contributed by atoms with E-state index in [1.54, 1.807) is 4.90 Å². The summed E-state index contributed by atoms with van der Waals surface area (Å²) in [7, 11) is 0. The lowest BCUT2D eigenvalue weighted by Crippen LogP contribution is -2.45. The van der Waals surface area contributed by atoms with Crippen LogP contribution in [0.2, 0.25) is 0 Å². The van der Waals surface area contributed by atoms with Gasteiger partial charge in [0.15, 0.2) is 0 Å². The Morgan fingerprint density at radius 2 is 1.69 bits per heavy atom. The van der Waals surface area contributed by atoms with Gasteiger partial charge in [-0.2, -0.15) is 0 Å². The summed E-state index contributed by atoms with van der Waals surface area (Å²) in [6.07, 6.45) is 2.93. The van der Waals surface area contributed by atoms with E-state index in [1.807, 2.05) is 18.2 Å². The fourth-order valence-corrected chi connectivity index (χ4v) is 3.44. The number of nitrogens with one attached hydrogen (secondary N) is 2. The predicted octanol–water partition coefficient (Wildman–Crippen LogP) is 3.20. The lowest BCUT2D eigenvalue weighted by molar-refractivity contribution is -0.384. The third-order valence-electron chi connectivity index (χ3n) is 5.07. The summed E-state index contributed by atoms with van der Waals surface area (Å²) in [6.45, 7) is 1.31. The Morgan fingerprint density at radius 1 is 1.03 bits per heavy atom. The van der Waals surface area contributed by atoms with Gasteiger partial charge >= 0.3 is 6.03 Å². The van der Waals surface area contributed by atoms with Crippen LogP contribution < -0.4 is 10.6 Å². The molecule has 8 heteroatoms. The van der Waals surface area contributed by atoms with E-state index in [-0.39, 0.29) is 18.1 Å². The Morgan fingerprint density at radius 3 is 2.31 bits per heavy atom. The summed E-state index contributed by atoms with van der Waals surface area (Å²) < 4.78 is 0. The zero-order valence-electron chi connectivity index (χ0n) is 16.0. The minimum atomic E-state index is -0.522. The van der Waals surface area contributed by atoms with Crippen molar-refractivity contribution in [1.82, 2.24) is 10.2 Å². The van der Waals surface area contributed by atoms with E-state index in [0.29, 0.717) is 24.7 Å². The number of carbonyl (C=O) groups excluding carboxylic acids is 2. The zero-order valence-corrected chi connectivity index (χ0v) is 16.0. The number of anilines is 1. The number of nitro groups is 1. The van der Waals surface area contributed by atoms with E-state index in [0.717, 1.165) is 19.3 Å². The van der Waals surface area contributed by atoms with Gasteiger partial charge in [0.05, 0.1) is 11.5 Å². The molecule has 1 aliphatic rings. The van der Waals surface area contributed by atoms with Crippen LogP contribution in [-0.4, -0.2) is 41.4 Å². The fraction of sp³-hybridized carbons (Fsp3) is 0.333. The van der Waals surface area contributed by atoms with E-state index < -0.39 is 11.0 Å². The summed E-state index contributed by atoms with van der Waals surface area (Å²) in [4.78, 5) is 36.2. The van der Waals surface area contributed by atoms with Gasteiger partial charge in [-0.3, -0.25) is 14.9 Å². The molecule has 2 aromatic carbocycles. The summed E-state index contributed by atoms with van der Waals surface area (Å²) in [5, 5.41) is 15.7. The number of likely N-dealkylation sites (tertiary alicyclic amines) is 1. The van der Waals surface area contributed by atoms with Gasteiger partial charge in [0.25, 0.3) is 5.69 Å². The maximum Gasteiger partial charge on any atom is 0.319 e. The Kier molecular flexibility index (Phi) is 6.78. The second-order valence-electron chi connectivity index (χ2n) is 7.13. The third-order valence-corrected chi connectivity index (χ3v) is 5.07. The molecule has 0 atom stereocenters. The molecule has 8 nitrogen and oxygen atoms in total. The molecule has 0 aliphatic carbocycles. The molecule has 29 heavy (non-hydrogen) atoms. The average molecular weight is 396 g/mol. The van der Waals surface area contributed by atoms with Crippen LogP contribution >= 0.6 is 0 Å². The number of urea groups is 1. The predicted molar refractivity (Wildman–Crippen MR) is 110 cm³/mol. The van der Waals surface area contributed by atoms with Crippen LogP contribution in [0.15, 0.2) is 54.6 Å². The SMILES string of the molecule is O=C(NCC(=O)N1CCC(Cc2ccccc2)CC1)Nc1ccc([N+](=O)[O-])cc1. The van der Waals surface area contributed by atoms with Crippen LogP contribution in [0.5, 0.6) is 0 Å². The summed E-state index contributed by atoms with van der Waals surface area (Å²) in [5.74, 6) is 0.460.